The molecule has 8 nitrogen and oxygen atoms in total. The molecule has 35 heavy (non-hydrogen) atoms. The van der Waals surface area contributed by atoms with Gasteiger partial charge in [0.1, 0.15) is 11.5 Å². The molecule has 0 aliphatic carbocycles. The number of thioether (sulfide) groups is 1. The van der Waals surface area contributed by atoms with Crippen molar-refractivity contribution in [1.82, 2.24) is 20.6 Å². The van der Waals surface area contributed by atoms with Gasteiger partial charge in [0.15, 0.2) is 0 Å². The van der Waals surface area contributed by atoms with Gasteiger partial charge in [-0.25, -0.2) is 9.97 Å². The first kappa shape index (κ1) is 23.3. The lowest BCUT2D eigenvalue weighted by Gasteiger charge is -2.32. The van der Waals surface area contributed by atoms with Crippen LogP contribution in [-0.2, 0) is 11.3 Å². The lowest BCUT2D eigenvalue weighted by molar-refractivity contribution is -0.115. The van der Waals surface area contributed by atoms with Crippen LogP contribution in [0.4, 0.5) is 10.7 Å². The Hall–Kier alpha value is -3.43. The predicted octanol–water partition coefficient (Wildman–Crippen LogP) is 4.38. The second kappa shape index (κ2) is 10.5. The molecule has 9 heteroatoms. The molecule has 2 aliphatic rings. The SMILES string of the molecule is Cc1ccccc1-c1ccc(CNCC2CCN(c3nccc(/C=C4\SC(=O)NC4=O)n3)CC2)o1. The Labute approximate surface area is 208 Å². The molecule has 0 unspecified atom stereocenters. The van der Waals surface area contributed by atoms with Crippen LogP contribution in [0.25, 0.3) is 17.4 Å². The summed E-state index contributed by atoms with van der Waals surface area (Å²) in [5.74, 6) is 2.70. The third-order valence-corrected chi connectivity index (χ3v) is 7.10. The summed E-state index contributed by atoms with van der Waals surface area (Å²) < 4.78 is 6.05. The van der Waals surface area contributed by atoms with E-state index in [2.05, 4.69) is 44.6 Å². The highest BCUT2D eigenvalue weighted by Crippen LogP contribution is 2.27. The molecule has 0 bridgehead atoms. The topological polar surface area (TPSA) is 100 Å². The first-order chi connectivity index (χ1) is 17.0. The van der Waals surface area contributed by atoms with Crippen molar-refractivity contribution < 1.29 is 14.0 Å². The number of carbonyl (C=O) groups is 2. The number of nitrogens with one attached hydrogen (secondary N) is 2. The van der Waals surface area contributed by atoms with Crippen molar-refractivity contribution in [3.63, 3.8) is 0 Å². The Balaban J connectivity index is 1.10. The minimum Gasteiger partial charge on any atom is -0.460 e. The second-order valence-corrected chi connectivity index (χ2v) is 9.79. The molecule has 180 valence electrons. The largest absolute Gasteiger partial charge is 0.460 e. The molecule has 0 saturated carbocycles. The Morgan fingerprint density at radius 2 is 2.00 bits per heavy atom. The number of nitrogens with zero attached hydrogens (tertiary/aromatic N) is 3. The lowest BCUT2D eigenvalue weighted by atomic mass is 9.97. The normalized spacial score (nSPS) is 17.9. The van der Waals surface area contributed by atoms with Gasteiger partial charge in [-0.15, -0.1) is 0 Å². The van der Waals surface area contributed by atoms with Crippen LogP contribution in [0.3, 0.4) is 0 Å². The second-order valence-electron chi connectivity index (χ2n) is 8.78. The Kier molecular flexibility index (Phi) is 6.96. The van der Waals surface area contributed by atoms with Crippen LogP contribution in [0.1, 0.15) is 29.9 Å². The van der Waals surface area contributed by atoms with E-state index in [4.69, 9.17) is 4.42 Å². The molecule has 2 N–H and O–H groups in total. The molecule has 2 saturated heterocycles. The summed E-state index contributed by atoms with van der Waals surface area (Å²) in [6.07, 6.45) is 5.41. The highest BCUT2D eigenvalue weighted by molar-refractivity contribution is 8.18. The first-order valence-corrected chi connectivity index (χ1v) is 12.5. The fourth-order valence-corrected chi connectivity index (χ4v) is 5.02. The third kappa shape index (κ3) is 5.63. The number of hydrogen-bond acceptors (Lipinski definition) is 8. The van der Waals surface area contributed by atoms with E-state index in [0.717, 1.165) is 61.3 Å². The van der Waals surface area contributed by atoms with Crippen molar-refractivity contribution in [1.29, 1.82) is 0 Å². The molecule has 0 atom stereocenters. The monoisotopic (exact) mass is 489 g/mol. The number of benzene rings is 1. The van der Waals surface area contributed by atoms with Crippen molar-refractivity contribution in [2.45, 2.75) is 26.3 Å². The van der Waals surface area contributed by atoms with Crippen molar-refractivity contribution in [2.75, 3.05) is 24.5 Å². The van der Waals surface area contributed by atoms with Gasteiger partial charge < -0.3 is 14.6 Å². The molecule has 2 fully saturated rings. The van der Waals surface area contributed by atoms with Gasteiger partial charge in [-0.1, -0.05) is 24.3 Å². The number of rotatable bonds is 7. The molecule has 2 amide bonds. The summed E-state index contributed by atoms with van der Waals surface area (Å²) >= 11 is 0.891. The summed E-state index contributed by atoms with van der Waals surface area (Å²) in [6, 6.07) is 14.1. The summed E-state index contributed by atoms with van der Waals surface area (Å²) in [4.78, 5) is 34.7. The van der Waals surface area contributed by atoms with E-state index in [1.807, 2.05) is 24.3 Å². The van der Waals surface area contributed by atoms with Crippen LogP contribution >= 0.6 is 11.8 Å². The number of carbonyl (C=O) groups excluding carboxylic acids is 2. The number of imide groups is 1. The van der Waals surface area contributed by atoms with Crippen molar-refractivity contribution >= 4 is 34.9 Å². The van der Waals surface area contributed by atoms with Crippen LogP contribution in [0.2, 0.25) is 0 Å². The van der Waals surface area contributed by atoms with E-state index in [0.29, 0.717) is 29.0 Å². The van der Waals surface area contributed by atoms with Gasteiger partial charge in [0.2, 0.25) is 5.95 Å². The van der Waals surface area contributed by atoms with Gasteiger partial charge in [-0.05, 0) is 73.8 Å². The fraction of sp³-hybridized carbons (Fsp3) is 0.308. The molecule has 2 aliphatic heterocycles. The van der Waals surface area contributed by atoms with Crippen molar-refractivity contribution in [3.05, 3.63) is 70.6 Å². The fourth-order valence-electron chi connectivity index (χ4n) is 4.35. The summed E-state index contributed by atoms with van der Waals surface area (Å²) in [5, 5.41) is 5.45. The van der Waals surface area contributed by atoms with E-state index in [9.17, 15) is 9.59 Å². The number of amides is 2. The molecular weight excluding hydrogens is 462 g/mol. The lowest BCUT2D eigenvalue weighted by Crippen LogP contribution is -2.38. The Morgan fingerprint density at radius 1 is 1.17 bits per heavy atom. The molecule has 3 aromatic rings. The van der Waals surface area contributed by atoms with Crippen LogP contribution < -0.4 is 15.5 Å². The highest BCUT2D eigenvalue weighted by Gasteiger charge is 2.25. The highest BCUT2D eigenvalue weighted by atomic mass is 32.2. The summed E-state index contributed by atoms with van der Waals surface area (Å²) in [7, 11) is 0. The van der Waals surface area contributed by atoms with Gasteiger partial charge in [-0.3, -0.25) is 14.9 Å². The number of aryl methyl sites for hydroxylation is 1. The number of hydrogen-bond donors (Lipinski definition) is 2. The van der Waals surface area contributed by atoms with E-state index in [1.165, 1.54) is 5.56 Å². The molecule has 0 radical (unpaired) electrons. The van der Waals surface area contributed by atoms with Gasteiger partial charge in [0, 0.05) is 24.8 Å². The van der Waals surface area contributed by atoms with Crippen LogP contribution in [0, 0.1) is 12.8 Å². The van der Waals surface area contributed by atoms with Crippen molar-refractivity contribution in [2.24, 2.45) is 5.92 Å². The third-order valence-electron chi connectivity index (χ3n) is 6.29. The predicted molar refractivity (Wildman–Crippen MR) is 137 cm³/mol. The molecule has 5 rings (SSSR count). The van der Waals surface area contributed by atoms with E-state index in [1.54, 1.807) is 18.3 Å². The Morgan fingerprint density at radius 3 is 2.77 bits per heavy atom. The quantitative estimate of drug-likeness (QED) is 0.472. The number of anilines is 1. The Bertz CT molecular complexity index is 1260. The molecule has 2 aromatic heterocycles. The van der Waals surface area contributed by atoms with Gasteiger partial charge in [0.25, 0.3) is 11.1 Å². The van der Waals surface area contributed by atoms with E-state index in [-0.39, 0.29) is 11.1 Å². The van der Waals surface area contributed by atoms with E-state index < -0.39 is 0 Å². The summed E-state index contributed by atoms with van der Waals surface area (Å²) in [5.41, 5.74) is 2.96. The van der Waals surface area contributed by atoms with Crippen LogP contribution in [-0.4, -0.2) is 40.7 Å². The van der Waals surface area contributed by atoms with Gasteiger partial charge >= 0.3 is 0 Å². The zero-order chi connectivity index (χ0) is 24.2. The van der Waals surface area contributed by atoms with E-state index >= 15 is 0 Å². The maximum atomic E-state index is 11.8. The first-order valence-electron chi connectivity index (χ1n) is 11.7. The molecule has 4 heterocycles. The van der Waals surface area contributed by atoms with Crippen molar-refractivity contribution in [3.8, 4) is 11.3 Å². The smallest absolute Gasteiger partial charge is 0.290 e. The maximum Gasteiger partial charge on any atom is 0.290 e. The number of piperidine rings is 1. The number of furan rings is 1. The van der Waals surface area contributed by atoms with Crippen LogP contribution in [0.5, 0.6) is 0 Å². The van der Waals surface area contributed by atoms with Gasteiger partial charge in [0.05, 0.1) is 17.1 Å². The summed E-state index contributed by atoms with van der Waals surface area (Å²) in [6.45, 7) is 5.48. The minimum atomic E-state index is -0.380. The average Bonchev–Trinajstić information content (AvgIpc) is 3.45. The molecular formula is C26H27N5O3S. The minimum absolute atomic E-state index is 0.354. The van der Waals surface area contributed by atoms with Crippen LogP contribution in [0.15, 0.2) is 58.0 Å². The standard InChI is InChI=1S/C26H27N5O3S/c1-17-4-2-3-5-21(17)22-7-6-20(34-22)16-27-15-18-9-12-31(13-10-18)25-28-11-8-19(29-25)14-23-24(32)30-26(33)35-23/h2-8,11,14,18,27H,9-10,12-13,15-16H2,1H3,(H,30,32,33)/b23-14-. The zero-order valence-corrected chi connectivity index (χ0v) is 20.3. The zero-order valence-electron chi connectivity index (χ0n) is 19.5. The maximum absolute atomic E-state index is 11.8. The van der Waals surface area contributed by atoms with Gasteiger partial charge in [-0.2, -0.15) is 0 Å². The number of aromatic nitrogens is 2. The molecule has 0 spiro atoms. The molecule has 1 aromatic carbocycles. The average molecular weight is 490 g/mol.